The van der Waals surface area contributed by atoms with E-state index in [4.69, 9.17) is 5.73 Å². The lowest BCUT2D eigenvalue weighted by atomic mass is 9.99. The number of rotatable bonds is 8. The maximum Gasteiger partial charge on any atom is 0.234 e. The topological polar surface area (TPSA) is 75.4 Å². The van der Waals surface area contributed by atoms with E-state index in [-0.39, 0.29) is 25.0 Å². The molecule has 0 heterocycles. The molecule has 0 radical (unpaired) electrons. The molecule has 5 heteroatoms. The van der Waals surface area contributed by atoms with E-state index in [0.717, 1.165) is 11.1 Å². The summed E-state index contributed by atoms with van der Waals surface area (Å²) in [7, 11) is 1.69. The van der Waals surface area contributed by atoms with Crippen LogP contribution in [0.25, 0.3) is 0 Å². The molecular weight excluding hydrogens is 302 g/mol. The van der Waals surface area contributed by atoms with Crippen LogP contribution in [0.4, 0.5) is 0 Å². The third-order valence-electron chi connectivity index (χ3n) is 3.66. The summed E-state index contributed by atoms with van der Waals surface area (Å²) in [6, 6.07) is 19.8. The number of likely N-dealkylation sites (N-methyl/N-ethyl adjacent to an activating group) is 1. The number of carbonyl (C=O) groups is 2. The average Bonchev–Trinajstić information content (AvgIpc) is 2.55. The van der Waals surface area contributed by atoms with E-state index < -0.39 is 5.91 Å². The van der Waals surface area contributed by atoms with Gasteiger partial charge in [0.15, 0.2) is 0 Å². The molecule has 0 aromatic heterocycles. The van der Waals surface area contributed by atoms with Gasteiger partial charge in [0.25, 0.3) is 0 Å². The summed E-state index contributed by atoms with van der Waals surface area (Å²) in [5.74, 6) is -0.585. The van der Waals surface area contributed by atoms with Crippen molar-refractivity contribution < 1.29 is 9.59 Å². The Balaban J connectivity index is 2.06. The minimum Gasteiger partial charge on any atom is -0.369 e. The Kier molecular flexibility index (Phi) is 6.51. The third kappa shape index (κ3) is 5.85. The Morgan fingerprint density at radius 3 is 2.17 bits per heavy atom. The molecule has 2 aromatic rings. The minimum atomic E-state index is -0.450. The Hall–Kier alpha value is -2.66. The van der Waals surface area contributed by atoms with Crippen LogP contribution in [0.5, 0.6) is 0 Å². The number of carbonyl (C=O) groups excluding carboxylic acids is 2. The van der Waals surface area contributed by atoms with Crippen LogP contribution in [0.3, 0.4) is 0 Å². The Labute approximate surface area is 142 Å². The molecule has 5 nitrogen and oxygen atoms in total. The highest BCUT2D eigenvalue weighted by atomic mass is 16.2. The molecule has 0 spiro atoms. The van der Waals surface area contributed by atoms with Crippen molar-refractivity contribution in [3.05, 3.63) is 71.8 Å². The molecule has 0 saturated heterocycles. The summed E-state index contributed by atoms with van der Waals surface area (Å²) in [6.07, 6.45) is 0.704. The molecule has 1 unspecified atom stereocenters. The first-order chi connectivity index (χ1) is 11.5. The first-order valence-corrected chi connectivity index (χ1v) is 7.89. The normalized spacial score (nSPS) is 11.9. The molecule has 0 bridgehead atoms. The van der Waals surface area contributed by atoms with Gasteiger partial charge in [0, 0.05) is 0 Å². The minimum absolute atomic E-state index is 0.0576. The Morgan fingerprint density at radius 2 is 1.58 bits per heavy atom. The zero-order chi connectivity index (χ0) is 17.4. The quantitative estimate of drug-likeness (QED) is 0.772. The summed E-state index contributed by atoms with van der Waals surface area (Å²) < 4.78 is 0. The predicted octanol–water partition coefficient (Wildman–Crippen LogP) is 1.50. The lowest BCUT2D eigenvalue weighted by Gasteiger charge is -2.21. The molecule has 126 valence electrons. The molecule has 2 aromatic carbocycles. The van der Waals surface area contributed by atoms with Gasteiger partial charge >= 0.3 is 0 Å². The summed E-state index contributed by atoms with van der Waals surface area (Å²) in [5, 5.41) is 3.05. The van der Waals surface area contributed by atoms with Crippen molar-refractivity contribution in [3.63, 3.8) is 0 Å². The smallest absolute Gasteiger partial charge is 0.234 e. The lowest BCUT2D eigenvalue weighted by molar-refractivity contribution is -0.123. The SMILES string of the molecule is CN(CC(N)=O)CC(=O)NC(Cc1ccccc1)c1ccccc1. The fourth-order valence-electron chi connectivity index (χ4n) is 2.59. The van der Waals surface area contributed by atoms with Crippen molar-refractivity contribution in [2.45, 2.75) is 12.5 Å². The van der Waals surface area contributed by atoms with Gasteiger partial charge in [0.05, 0.1) is 19.1 Å². The number of nitrogens with two attached hydrogens (primary N) is 1. The van der Waals surface area contributed by atoms with Crippen molar-refractivity contribution in [3.8, 4) is 0 Å². The number of nitrogens with one attached hydrogen (secondary N) is 1. The molecule has 0 fully saturated rings. The number of hydrogen-bond acceptors (Lipinski definition) is 3. The van der Waals surface area contributed by atoms with Crippen LogP contribution in [0.2, 0.25) is 0 Å². The standard InChI is InChI=1S/C19H23N3O2/c1-22(13-18(20)23)14-19(24)21-17(16-10-6-3-7-11-16)12-15-8-4-2-5-9-15/h2-11,17H,12-14H2,1H3,(H2,20,23)(H,21,24). The van der Waals surface area contributed by atoms with E-state index >= 15 is 0 Å². The van der Waals surface area contributed by atoms with Gasteiger partial charge in [0.1, 0.15) is 0 Å². The largest absolute Gasteiger partial charge is 0.369 e. The molecule has 2 rings (SSSR count). The van der Waals surface area contributed by atoms with Crippen LogP contribution in [0.15, 0.2) is 60.7 Å². The van der Waals surface area contributed by atoms with Crippen molar-refractivity contribution in [1.29, 1.82) is 0 Å². The second kappa shape index (κ2) is 8.84. The molecule has 0 aliphatic carbocycles. The number of benzene rings is 2. The van der Waals surface area contributed by atoms with Crippen LogP contribution in [0.1, 0.15) is 17.2 Å². The van der Waals surface area contributed by atoms with E-state index in [2.05, 4.69) is 5.32 Å². The lowest BCUT2D eigenvalue weighted by Crippen LogP contribution is -2.40. The summed E-state index contributed by atoms with van der Waals surface area (Å²) in [6.45, 7) is 0.184. The molecule has 1 atom stereocenters. The maximum atomic E-state index is 12.3. The van der Waals surface area contributed by atoms with Crippen molar-refractivity contribution in [2.24, 2.45) is 5.73 Å². The van der Waals surface area contributed by atoms with Gasteiger partial charge < -0.3 is 11.1 Å². The molecule has 0 aliphatic rings. The van der Waals surface area contributed by atoms with Crippen molar-refractivity contribution in [2.75, 3.05) is 20.1 Å². The monoisotopic (exact) mass is 325 g/mol. The van der Waals surface area contributed by atoms with E-state index in [1.54, 1.807) is 11.9 Å². The molecule has 3 N–H and O–H groups in total. The highest BCUT2D eigenvalue weighted by Gasteiger charge is 2.16. The first kappa shape index (κ1) is 17.7. The fourth-order valence-corrected chi connectivity index (χ4v) is 2.59. The van der Waals surface area contributed by atoms with Gasteiger partial charge in [-0.2, -0.15) is 0 Å². The third-order valence-corrected chi connectivity index (χ3v) is 3.66. The van der Waals surface area contributed by atoms with E-state index in [0.29, 0.717) is 6.42 Å². The van der Waals surface area contributed by atoms with E-state index in [1.165, 1.54) is 0 Å². The van der Waals surface area contributed by atoms with Gasteiger partial charge in [-0.15, -0.1) is 0 Å². The molecule has 24 heavy (non-hydrogen) atoms. The van der Waals surface area contributed by atoms with Gasteiger partial charge in [0.2, 0.25) is 11.8 Å². The number of amides is 2. The average molecular weight is 325 g/mol. The highest BCUT2D eigenvalue weighted by molar-refractivity contribution is 5.80. The van der Waals surface area contributed by atoms with Gasteiger partial charge in [-0.3, -0.25) is 14.5 Å². The van der Waals surface area contributed by atoms with Gasteiger partial charge in [-0.05, 0) is 24.6 Å². The zero-order valence-electron chi connectivity index (χ0n) is 13.8. The Bertz CT molecular complexity index is 659. The first-order valence-electron chi connectivity index (χ1n) is 7.89. The van der Waals surface area contributed by atoms with Crippen LogP contribution in [-0.4, -0.2) is 36.9 Å². The van der Waals surface area contributed by atoms with Gasteiger partial charge in [-0.25, -0.2) is 0 Å². The number of nitrogens with zero attached hydrogens (tertiary/aromatic N) is 1. The molecule has 0 aliphatic heterocycles. The van der Waals surface area contributed by atoms with Crippen molar-refractivity contribution in [1.82, 2.24) is 10.2 Å². The summed E-state index contributed by atoms with van der Waals surface area (Å²) in [5.41, 5.74) is 7.35. The number of hydrogen-bond donors (Lipinski definition) is 2. The highest BCUT2D eigenvalue weighted by Crippen LogP contribution is 2.18. The van der Waals surface area contributed by atoms with Crippen LogP contribution < -0.4 is 11.1 Å². The van der Waals surface area contributed by atoms with Crippen LogP contribution in [0, 0.1) is 0 Å². The maximum absolute atomic E-state index is 12.3. The fraction of sp³-hybridized carbons (Fsp3) is 0.263. The van der Waals surface area contributed by atoms with Crippen molar-refractivity contribution >= 4 is 11.8 Å². The van der Waals surface area contributed by atoms with Gasteiger partial charge in [-0.1, -0.05) is 60.7 Å². The summed E-state index contributed by atoms with van der Waals surface area (Å²) in [4.78, 5) is 24.8. The van der Waals surface area contributed by atoms with Crippen LogP contribution >= 0.6 is 0 Å². The second-order valence-corrected chi connectivity index (χ2v) is 5.86. The molecule has 0 saturated carbocycles. The second-order valence-electron chi connectivity index (χ2n) is 5.86. The molecule has 2 amide bonds. The predicted molar refractivity (Wildman–Crippen MR) is 94.2 cm³/mol. The van der Waals surface area contributed by atoms with E-state index in [9.17, 15) is 9.59 Å². The molecular formula is C19H23N3O2. The zero-order valence-corrected chi connectivity index (χ0v) is 13.8. The summed E-state index contributed by atoms with van der Waals surface area (Å²) >= 11 is 0. The van der Waals surface area contributed by atoms with E-state index in [1.807, 2.05) is 60.7 Å². The Morgan fingerprint density at radius 1 is 1.00 bits per heavy atom. The number of primary amides is 1. The van der Waals surface area contributed by atoms with Crippen LogP contribution in [-0.2, 0) is 16.0 Å².